The molecule has 3 heterocycles. The average molecular weight is 455 g/mol. The van der Waals surface area contributed by atoms with Gasteiger partial charge < -0.3 is 28.8 Å². The second-order valence-corrected chi connectivity index (χ2v) is 8.65. The first-order valence-corrected chi connectivity index (χ1v) is 11.4. The quantitative estimate of drug-likeness (QED) is 0.357. The summed E-state index contributed by atoms with van der Waals surface area (Å²) >= 11 is 0. The molecule has 1 aromatic carbocycles. The van der Waals surface area contributed by atoms with Crippen molar-refractivity contribution in [3.05, 3.63) is 59.6 Å². The highest BCUT2D eigenvalue weighted by atomic mass is 16.5. The van der Waals surface area contributed by atoms with Crippen molar-refractivity contribution in [3.63, 3.8) is 0 Å². The normalized spacial score (nSPS) is 21.2. The van der Waals surface area contributed by atoms with Crippen molar-refractivity contribution in [1.29, 1.82) is 0 Å². The van der Waals surface area contributed by atoms with Gasteiger partial charge in [-0.15, -0.1) is 0 Å². The molecule has 176 valence electrons. The van der Waals surface area contributed by atoms with Crippen LogP contribution in [-0.4, -0.2) is 62.1 Å². The Kier molecular flexibility index (Phi) is 7.15. The maximum absolute atomic E-state index is 13.4. The molecule has 1 unspecified atom stereocenters. The van der Waals surface area contributed by atoms with Crippen molar-refractivity contribution < 1.29 is 33.5 Å². The van der Waals surface area contributed by atoms with Crippen LogP contribution in [0.15, 0.2) is 52.7 Å². The van der Waals surface area contributed by atoms with Crippen LogP contribution in [0.4, 0.5) is 0 Å². The first-order chi connectivity index (χ1) is 16.0. The Balaban J connectivity index is 1.59. The van der Waals surface area contributed by atoms with Gasteiger partial charge in [0.25, 0.3) is 5.91 Å². The van der Waals surface area contributed by atoms with E-state index in [1.54, 1.807) is 36.4 Å². The molecule has 33 heavy (non-hydrogen) atoms. The number of morpholine rings is 1. The maximum Gasteiger partial charge on any atom is 0.295 e. The van der Waals surface area contributed by atoms with Gasteiger partial charge in [0.05, 0.1) is 32.1 Å². The highest BCUT2D eigenvalue weighted by Crippen LogP contribution is 2.39. The van der Waals surface area contributed by atoms with Gasteiger partial charge in [0, 0.05) is 18.5 Å². The SMILES string of the molecule is CC(C)Oc1ccc(/C([O-])=C2\C(=O)C(=O)N(CCC[NH+]3CCOCC3)C2c2ccco2)cc1. The molecule has 0 aliphatic carbocycles. The topological polar surface area (TPSA) is 96.5 Å². The number of nitrogens with one attached hydrogen (secondary N) is 1. The number of hydrogen-bond donors (Lipinski definition) is 1. The smallest absolute Gasteiger partial charge is 0.295 e. The lowest BCUT2D eigenvalue weighted by molar-refractivity contribution is -0.908. The number of quaternary nitrogens is 1. The number of ether oxygens (including phenoxy) is 2. The number of ketones is 1. The lowest BCUT2D eigenvalue weighted by Gasteiger charge is -2.27. The van der Waals surface area contributed by atoms with Gasteiger partial charge in [0.1, 0.15) is 30.6 Å². The maximum atomic E-state index is 13.4. The number of amides is 1. The summed E-state index contributed by atoms with van der Waals surface area (Å²) in [5.41, 5.74) is 0.268. The Morgan fingerprint density at radius 3 is 2.55 bits per heavy atom. The molecule has 8 nitrogen and oxygen atoms in total. The zero-order valence-electron chi connectivity index (χ0n) is 19.0. The van der Waals surface area contributed by atoms with Gasteiger partial charge in [-0.1, -0.05) is 17.9 Å². The lowest BCUT2D eigenvalue weighted by atomic mass is 9.99. The molecule has 1 amide bonds. The molecule has 2 aliphatic heterocycles. The number of carbonyl (C=O) groups is 2. The van der Waals surface area contributed by atoms with Gasteiger partial charge in [0.15, 0.2) is 0 Å². The van der Waals surface area contributed by atoms with Crippen molar-refractivity contribution in [2.45, 2.75) is 32.4 Å². The van der Waals surface area contributed by atoms with E-state index < -0.39 is 23.5 Å². The molecular formula is C25H30N2O6. The zero-order valence-corrected chi connectivity index (χ0v) is 19.0. The molecule has 2 saturated heterocycles. The second kappa shape index (κ2) is 10.2. The van der Waals surface area contributed by atoms with Gasteiger partial charge in [-0.05, 0) is 43.7 Å². The Morgan fingerprint density at radius 2 is 1.91 bits per heavy atom. The van der Waals surface area contributed by atoms with Gasteiger partial charge in [-0.3, -0.25) is 9.59 Å². The van der Waals surface area contributed by atoms with Crippen molar-refractivity contribution in [2.75, 3.05) is 39.4 Å². The average Bonchev–Trinajstić information content (AvgIpc) is 3.42. The van der Waals surface area contributed by atoms with Gasteiger partial charge in [-0.25, -0.2) is 0 Å². The van der Waals surface area contributed by atoms with Crippen LogP contribution in [0.5, 0.6) is 5.75 Å². The van der Waals surface area contributed by atoms with E-state index in [9.17, 15) is 14.7 Å². The van der Waals surface area contributed by atoms with Crippen molar-refractivity contribution in [2.24, 2.45) is 0 Å². The van der Waals surface area contributed by atoms with E-state index in [0.29, 0.717) is 30.0 Å². The first-order valence-electron chi connectivity index (χ1n) is 11.4. The van der Waals surface area contributed by atoms with Crippen LogP contribution in [0, 0.1) is 0 Å². The highest BCUT2D eigenvalue weighted by molar-refractivity contribution is 6.46. The van der Waals surface area contributed by atoms with E-state index in [0.717, 1.165) is 32.8 Å². The zero-order chi connectivity index (χ0) is 23.4. The molecule has 0 bridgehead atoms. The monoisotopic (exact) mass is 454 g/mol. The summed E-state index contributed by atoms with van der Waals surface area (Å²) in [5.74, 6) is -0.836. The third kappa shape index (κ3) is 5.12. The number of furan rings is 1. The van der Waals surface area contributed by atoms with Crippen LogP contribution in [0.3, 0.4) is 0 Å². The molecule has 1 N–H and O–H groups in total. The van der Waals surface area contributed by atoms with E-state index in [2.05, 4.69) is 0 Å². The van der Waals surface area contributed by atoms with Crippen LogP contribution < -0.4 is 14.7 Å². The Labute approximate surface area is 193 Å². The predicted molar refractivity (Wildman–Crippen MR) is 118 cm³/mol. The van der Waals surface area contributed by atoms with Gasteiger partial charge >= 0.3 is 0 Å². The third-order valence-corrected chi connectivity index (χ3v) is 5.96. The molecule has 2 aliphatic rings. The Hall–Kier alpha value is -3.10. The molecule has 0 saturated carbocycles. The number of likely N-dealkylation sites (tertiary alicyclic amines) is 1. The Bertz CT molecular complexity index is 990. The summed E-state index contributed by atoms with van der Waals surface area (Å²) < 4.78 is 16.6. The molecule has 0 spiro atoms. The summed E-state index contributed by atoms with van der Waals surface area (Å²) in [6.45, 7) is 8.41. The molecule has 8 heteroatoms. The summed E-state index contributed by atoms with van der Waals surface area (Å²) in [6.07, 6.45) is 2.21. The lowest BCUT2D eigenvalue weighted by Crippen LogP contribution is -3.14. The van der Waals surface area contributed by atoms with Crippen LogP contribution in [0.1, 0.15) is 37.6 Å². The number of Topliss-reactive ketones (excluding diaryl/α,β-unsaturated/α-hetero) is 1. The number of hydrogen-bond acceptors (Lipinski definition) is 6. The fraction of sp³-hybridized carbons (Fsp3) is 0.440. The second-order valence-electron chi connectivity index (χ2n) is 8.65. The molecule has 2 fully saturated rings. The largest absolute Gasteiger partial charge is 0.872 e. The Morgan fingerprint density at radius 1 is 1.18 bits per heavy atom. The van der Waals surface area contributed by atoms with Crippen LogP contribution in [0.25, 0.3) is 5.76 Å². The number of rotatable bonds is 8. The van der Waals surface area contributed by atoms with Crippen LogP contribution in [-0.2, 0) is 14.3 Å². The summed E-state index contributed by atoms with van der Waals surface area (Å²) in [4.78, 5) is 28.8. The van der Waals surface area contributed by atoms with Crippen molar-refractivity contribution in [3.8, 4) is 5.75 Å². The molecule has 2 aromatic rings. The van der Waals surface area contributed by atoms with Crippen LogP contribution in [0.2, 0.25) is 0 Å². The summed E-state index contributed by atoms with van der Waals surface area (Å²) in [5, 5.41) is 13.4. The minimum Gasteiger partial charge on any atom is -0.872 e. The van der Waals surface area contributed by atoms with E-state index >= 15 is 0 Å². The van der Waals surface area contributed by atoms with Crippen molar-refractivity contribution in [1.82, 2.24) is 4.90 Å². The first kappa shape index (κ1) is 23.1. The number of benzene rings is 1. The van der Waals surface area contributed by atoms with Gasteiger partial charge in [-0.2, -0.15) is 0 Å². The summed E-state index contributed by atoms with van der Waals surface area (Å²) in [7, 11) is 0. The minimum absolute atomic E-state index is 0.00569. The van der Waals surface area contributed by atoms with Crippen LogP contribution >= 0.6 is 0 Å². The summed E-state index contributed by atoms with van der Waals surface area (Å²) in [6, 6.07) is 9.20. The highest BCUT2D eigenvalue weighted by Gasteiger charge is 2.45. The van der Waals surface area contributed by atoms with Crippen molar-refractivity contribution >= 4 is 17.4 Å². The molecule has 1 atom stereocenters. The predicted octanol–water partition coefficient (Wildman–Crippen LogP) is 0.596. The molecule has 0 radical (unpaired) electrons. The van der Waals surface area contributed by atoms with E-state index in [4.69, 9.17) is 13.9 Å². The number of carbonyl (C=O) groups excluding carboxylic acids is 2. The minimum atomic E-state index is -0.821. The molecule has 4 rings (SSSR count). The standard InChI is InChI=1S/C25H30N2O6/c1-17(2)33-19-8-6-18(7-9-19)23(28)21-22(20-5-3-14-32-20)27(25(30)24(21)29)11-4-10-26-12-15-31-16-13-26/h3,5-9,14,17,22,28H,4,10-13,15-16H2,1-2H3/b23-21+. The fourth-order valence-corrected chi connectivity index (χ4v) is 4.37. The fourth-order valence-electron chi connectivity index (χ4n) is 4.37. The number of nitrogens with zero attached hydrogens (tertiary/aromatic N) is 1. The molecular weight excluding hydrogens is 424 g/mol. The van der Waals surface area contributed by atoms with E-state index in [-0.39, 0.29) is 11.7 Å². The third-order valence-electron chi connectivity index (χ3n) is 5.96. The molecule has 1 aromatic heterocycles. The van der Waals surface area contributed by atoms with E-state index in [1.807, 2.05) is 13.8 Å². The van der Waals surface area contributed by atoms with Gasteiger partial charge in [0.2, 0.25) is 5.78 Å². The van der Waals surface area contributed by atoms with E-state index in [1.165, 1.54) is 16.1 Å².